The molecule has 0 saturated heterocycles. The molecule has 1 amide bonds. The third-order valence-electron chi connectivity index (χ3n) is 4.10. The molecule has 2 aromatic carbocycles. The zero-order valence-electron chi connectivity index (χ0n) is 15.3. The summed E-state index contributed by atoms with van der Waals surface area (Å²) in [5, 5.41) is 7.42. The van der Waals surface area contributed by atoms with Crippen LogP contribution in [0, 0.1) is 25.5 Å². The normalized spacial score (nSPS) is 10.8. The second-order valence-electron chi connectivity index (χ2n) is 6.32. The number of hydrogen-bond acceptors (Lipinski definition) is 3. The van der Waals surface area contributed by atoms with Crippen molar-refractivity contribution in [1.29, 1.82) is 0 Å². The van der Waals surface area contributed by atoms with Gasteiger partial charge in [-0.3, -0.25) is 4.79 Å². The maximum absolute atomic E-state index is 13.9. The van der Waals surface area contributed by atoms with Crippen LogP contribution < -0.4 is 10.1 Å². The van der Waals surface area contributed by atoms with Crippen molar-refractivity contribution in [2.45, 2.75) is 20.4 Å². The molecule has 5 nitrogen and oxygen atoms in total. The van der Waals surface area contributed by atoms with Gasteiger partial charge in [0.25, 0.3) is 5.91 Å². The number of benzene rings is 2. The number of aryl methyl sites for hydroxylation is 2. The van der Waals surface area contributed by atoms with Gasteiger partial charge in [0.2, 0.25) is 0 Å². The molecular formula is C20H18ClF2N3O2. The first kappa shape index (κ1) is 19.8. The van der Waals surface area contributed by atoms with E-state index in [9.17, 15) is 13.6 Å². The van der Waals surface area contributed by atoms with E-state index in [4.69, 9.17) is 16.3 Å². The zero-order chi connectivity index (χ0) is 20.3. The van der Waals surface area contributed by atoms with E-state index in [2.05, 4.69) is 10.4 Å². The van der Waals surface area contributed by atoms with E-state index in [-0.39, 0.29) is 18.7 Å². The van der Waals surface area contributed by atoms with Crippen molar-refractivity contribution < 1.29 is 18.3 Å². The molecule has 0 unspecified atom stereocenters. The molecule has 3 aromatic rings. The number of carbonyl (C=O) groups is 1. The van der Waals surface area contributed by atoms with Crippen molar-refractivity contribution in [3.05, 3.63) is 75.9 Å². The van der Waals surface area contributed by atoms with E-state index in [1.807, 2.05) is 6.92 Å². The summed E-state index contributed by atoms with van der Waals surface area (Å²) < 4.78 is 34.2. The molecule has 0 aliphatic heterocycles. The molecule has 1 heterocycles. The van der Waals surface area contributed by atoms with Gasteiger partial charge in [-0.05, 0) is 55.8 Å². The smallest absolute Gasteiger partial charge is 0.263 e. The molecule has 1 N–H and O–H groups in total. The Morgan fingerprint density at radius 2 is 1.96 bits per heavy atom. The topological polar surface area (TPSA) is 56.1 Å². The molecule has 1 aromatic heterocycles. The van der Waals surface area contributed by atoms with Crippen LogP contribution in [0.4, 0.5) is 14.6 Å². The molecule has 0 aliphatic rings. The van der Waals surface area contributed by atoms with Crippen LogP contribution in [0.3, 0.4) is 0 Å². The maximum Gasteiger partial charge on any atom is 0.263 e. The number of halogens is 3. The minimum Gasteiger partial charge on any atom is -0.483 e. The predicted octanol–water partition coefficient (Wildman–Crippen LogP) is 4.50. The molecule has 0 atom stereocenters. The Morgan fingerprint density at radius 1 is 1.18 bits per heavy atom. The van der Waals surface area contributed by atoms with Crippen LogP contribution in [-0.2, 0) is 11.3 Å². The van der Waals surface area contributed by atoms with Crippen LogP contribution in [0.25, 0.3) is 0 Å². The standard InChI is InChI=1S/C20H18ClF2N3O2/c1-12-7-15(21)3-6-18(12)28-11-19(27)25-20-13(2)9-24-26(20)10-14-8-16(22)4-5-17(14)23/h3-9H,10-11H2,1-2H3,(H,25,27). The van der Waals surface area contributed by atoms with Crippen molar-refractivity contribution in [1.82, 2.24) is 9.78 Å². The molecule has 3 rings (SSSR count). The fourth-order valence-corrected chi connectivity index (χ4v) is 2.90. The van der Waals surface area contributed by atoms with Gasteiger partial charge < -0.3 is 10.1 Å². The number of nitrogens with zero attached hydrogens (tertiary/aromatic N) is 2. The van der Waals surface area contributed by atoms with Crippen LogP contribution >= 0.6 is 11.6 Å². The first-order chi connectivity index (χ1) is 13.3. The van der Waals surface area contributed by atoms with Crippen LogP contribution in [0.1, 0.15) is 16.7 Å². The number of ether oxygens (including phenoxy) is 1. The van der Waals surface area contributed by atoms with Crippen molar-refractivity contribution in [3.63, 3.8) is 0 Å². The quantitative estimate of drug-likeness (QED) is 0.657. The maximum atomic E-state index is 13.9. The van der Waals surface area contributed by atoms with Crippen molar-refractivity contribution in [2.24, 2.45) is 0 Å². The average molecular weight is 406 g/mol. The van der Waals surface area contributed by atoms with Crippen molar-refractivity contribution in [2.75, 3.05) is 11.9 Å². The summed E-state index contributed by atoms with van der Waals surface area (Å²) in [5.41, 5.74) is 1.63. The molecule has 146 valence electrons. The lowest BCUT2D eigenvalue weighted by atomic mass is 10.2. The van der Waals surface area contributed by atoms with E-state index in [0.717, 1.165) is 23.8 Å². The highest BCUT2D eigenvalue weighted by Crippen LogP contribution is 2.22. The van der Waals surface area contributed by atoms with Crippen LogP contribution in [0.15, 0.2) is 42.6 Å². The highest BCUT2D eigenvalue weighted by molar-refractivity contribution is 6.30. The summed E-state index contributed by atoms with van der Waals surface area (Å²) in [7, 11) is 0. The summed E-state index contributed by atoms with van der Waals surface area (Å²) in [6.07, 6.45) is 1.54. The highest BCUT2D eigenvalue weighted by atomic mass is 35.5. The van der Waals surface area contributed by atoms with Crippen molar-refractivity contribution >= 4 is 23.3 Å². The van der Waals surface area contributed by atoms with Crippen molar-refractivity contribution in [3.8, 4) is 5.75 Å². The van der Waals surface area contributed by atoms with E-state index in [1.54, 1.807) is 25.1 Å². The first-order valence-electron chi connectivity index (χ1n) is 8.48. The number of amides is 1. The van der Waals surface area contributed by atoms with Crippen LogP contribution in [-0.4, -0.2) is 22.3 Å². The molecule has 0 fully saturated rings. The Hall–Kier alpha value is -2.93. The predicted molar refractivity (Wildman–Crippen MR) is 103 cm³/mol. The van der Waals surface area contributed by atoms with E-state index >= 15 is 0 Å². The molecular weight excluding hydrogens is 388 g/mol. The zero-order valence-corrected chi connectivity index (χ0v) is 16.1. The van der Waals surface area contributed by atoms with E-state index in [1.165, 1.54) is 10.9 Å². The van der Waals surface area contributed by atoms with Gasteiger partial charge in [0.1, 0.15) is 23.2 Å². The monoisotopic (exact) mass is 405 g/mol. The van der Waals surface area contributed by atoms with Gasteiger partial charge in [-0.15, -0.1) is 0 Å². The number of hydrogen-bond donors (Lipinski definition) is 1. The van der Waals surface area contributed by atoms with Gasteiger partial charge in [0.15, 0.2) is 6.61 Å². The summed E-state index contributed by atoms with van der Waals surface area (Å²) in [5.74, 6) is -0.554. The second-order valence-corrected chi connectivity index (χ2v) is 6.75. The fraction of sp³-hybridized carbons (Fsp3) is 0.200. The fourth-order valence-electron chi connectivity index (χ4n) is 2.67. The molecule has 0 aliphatic carbocycles. The van der Waals surface area contributed by atoms with Gasteiger partial charge in [0, 0.05) is 16.1 Å². The molecule has 0 spiro atoms. The minimum atomic E-state index is -0.548. The van der Waals surface area contributed by atoms with Gasteiger partial charge in [-0.25, -0.2) is 13.5 Å². The lowest BCUT2D eigenvalue weighted by molar-refractivity contribution is -0.118. The number of aromatic nitrogens is 2. The second kappa shape index (κ2) is 8.39. The Balaban J connectivity index is 1.69. The van der Waals surface area contributed by atoms with E-state index in [0.29, 0.717) is 22.2 Å². The molecule has 0 radical (unpaired) electrons. The number of anilines is 1. The van der Waals surface area contributed by atoms with E-state index < -0.39 is 17.5 Å². The largest absolute Gasteiger partial charge is 0.483 e. The molecule has 28 heavy (non-hydrogen) atoms. The van der Waals surface area contributed by atoms with Gasteiger partial charge >= 0.3 is 0 Å². The highest BCUT2D eigenvalue weighted by Gasteiger charge is 2.14. The van der Waals surface area contributed by atoms with Crippen LogP contribution in [0.2, 0.25) is 5.02 Å². The minimum absolute atomic E-state index is 0.0236. The van der Waals surface area contributed by atoms with Gasteiger partial charge in [-0.2, -0.15) is 5.10 Å². The Bertz CT molecular complexity index is 1020. The Morgan fingerprint density at radius 3 is 2.71 bits per heavy atom. The summed E-state index contributed by atoms with van der Waals surface area (Å²) in [4.78, 5) is 12.3. The third-order valence-corrected chi connectivity index (χ3v) is 4.34. The Labute approximate surface area is 165 Å². The number of carbonyl (C=O) groups excluding carboxylic acids is 1. The summed E-state index contributed by atoms with van der Waals surface area (Å²) in [6.45, 7) is 3.34. The molecule has 0 bridgehead atoms. The molecule has 8 heteroatoms. The molecule has 0 saturated carbocycles. The Kier molecular flexibility index (Phi) is 5.94. The summed E-state index contributed by atoms with van der Waals surface area (Å²) >= 11 is 5.90. The number of rotatable bonds is 6. The van der Waals surface area contributed by atoms with Gasteiger partial charge in [0.05, 0.1) is 12.7 Å². The van der Waals surface area contributed by atoms with Gasteiger partial charge in [-0.1, -0.05) is 11.6 Å². The number of nitrogens with one attached hydrogen (secondary N) is 1. The SMILES string of the molecule is Cc1cc(Cl)ccc1OCC(=O)Nc1c(C)cnn1Cc1cc(F)ccc1F. The average Bonchev–Trinajstić information content (AvgIpc) is 2.97. The first-order valence-corrected chi connectivity index (χ1v) is 8.86. The third kappa shape index (κ3) is 4.67. The summed E-state index contributed by atoms with van der Waals surface area (Å²) in [6, 6.07) is 8.31. The lowest BCUT2D eigenvalue weighted by Gasteiger charge is -2.12. The lowest BCUT2D eigenvalue weighted by Crippen LogP contribution is -2.23. The van der Waals surface area contributed by atoms with Crippen LogP contribution in [0.5, 0.6) is 5.75 Å².